The van der Waals surface area contributed by atoms with E-state index in [9.17, 15) is 9.50 Å². The van der Waals surface area contributed by atoms with Gasteiger partial charge < -0.3 is 10.4 Å². The highest BCUT2D eigenvalue weighted by Gasteiger charge is 2.24. The maximum atomic E-state index is 12.6. The molecule has 1 aliphatic rings. The van der Waals surface area contributed by atoms with Crippen LogP contribution in [0.2, 0.25) is 0 Å². The van der Waals surface area contributed by atoms with Gasteiger partial charge in [-0.15, -0.1) is 0 Å². The maximum Gasteiger partial charge on any atom is 0.123 e. The zero-order valence-electron chi connectivity index (χ0n) is 8.62. The Kier molecular flexibility index (Phi) is 3.34. The van der Waals surface area contributed by atoms with Crippen molar-refractivity contribution in [3.63, 3.8) is 0 Å². The van der Waals surface area contributed by atoms with E-state index in [0.717, 1.165) is 24.8 Å². The van der Waals surface area contributed by atoms with Crippen molar-refractivity contribution in [1.29, 1.82) is 0 Å². The fourth-order valence-electron chi connectivity index (χ4n) is 2.03. The first-order chi connectivity index (χ1) is 7.25. The Balaban J connectivity index is 1.85. The summed E-state index contributed by atoms with van der Waals surface area (Å²) in [7, 11) is 0. The van der Waals surface area contributed by atoms with Gasteiger partial charge in [0, 0.05) is 12.6 Å². The van der Waals surface area contributed by atoms with E-state index in [-0.39, 0.29) is 18.0 Å². The molecule has 1 aromatic rings. The molecule has 2 N–H and O–H groups in total. The van der Waals surface area contributed by atoms with Gasteiger partial charge in [0.25, 0.3) is 0 Å². The summed E-state index contributed by atoms with van der Waals surface area (Å²) in [5.41, 5.74) is 1.05. The summed E-state index contributed by atoms with van der Waals surface area (Å²) in [6.07, 6.45) is 2.79. The van der Waals surface area contributed by atoms with Crippen LogP contribution in [0.4, 0.5) is 4.39 Å². The summed E-state index contributed by atoms with van der Waals surface area (Å²) in [5.74, 6) is -0.209. The molecule has 1 fully saturated rings. The number of halogens is 1. The van der Waals surface area contributed by atoms with E-state index in [1.165, 1.54) is 12.1 Å². The molecule has 1 aliphatic carbocycles. The van der Waals surface area contributed by atoms with Crippen molar-refractivity contribution in [1.82, 2.24) is 5.32 Å². The molecule has 0 bridgehead atoms. The van der Waals surface area contributed by atoms with Crippen LogP contribution in [0.1, 0.15) is 24.8 Å². The number of aliphatic hydroxyl groups excluding tert-OH is 1. The summed E-state index contributed by atoms with van der Waals surface area (Å²) in [6, 6.07) is 6.66. The molecule has 15 heavy (non-hydrogen) atoms. The topological polar surface area (TPSA) is 32.3 Å². The summed E-state index contributed by atoms with van der Waals surface area (Å²) in [4.78, 5) is 0. The monoisotopic (exact) mass is 209 g/mol. The van der Waals surface area contributed by atoms with Gasteiger partial charge in [-0.1, -0.05) is 12.1 Å². The second-order valence-electron chi connectivity index (χ2n) is 4.11. The Morgan fingerprint density at radius 1 is 1.27 bits per heavy atom. The van der Waals surface area contributed by atoms with Crippen LogP contribution in [0.25, 0.3) is 0 Å². The number of nitrogens with one attached hydrogen (secondary N) is 1. The van der Waals surface area contributed by atoms with Crippen LogP contribution in [0.15, 0.2) is 24.3 Å². The van der Waals surface area contributed by atoms with Crippen molar-refractivity contribution in [2.45, 2.75) is 38.0 Å². The van der Waals surface area contributed by atoms with Gasteiger partial charge in [0.1, 0.15) is 5.82 Å². The first-order valence-corrected chi connectivity index (χ1v) is 5.41. The SMILES string of the molecule is O[C@H]1CCC[C@@H]1NCc1ccc(F)cc1. The lowest BCUT2D eigenvalue weighted by Crippen LogP contribution is -2.34. The maximum absolute atomic E-state index is 12.6. The molecule has 0 saturated heterocycles. The van der Waals surface area contributed by atoms with Crippen LogP contribution in [-0.4, -0.2) is 17.3 Å². The minimum absolute atomic E-state index is 0.204. The van der Waals surface area contributed by atoms with Crippen LogP contribution in [-0.2, 0) is 6.54 Å². The van der Waals surface area contributed by atoms with E-state index in [4.69, 9.17) is 0 Å². The zero-order valence-corrected chi connectivity index (χ0v) is 8.62. The summed E-state index contributed by atoms with van der Waals surface area (Å²) in [6.45, 7) is 0.696. The van der Waals surface area contributed by atoms with Crippen molar-refractivity contribution in [2.75, 3.05) is 0 Å². The van der Waals surface area contributed by atoms with Gasteiger partial charge in [0.2, 0.25) is 0 Å². The third kappa shape index (κ3) is 2.76. The molecule has 0 aliphatic heterocycles. The highest BCUT2D eigenvalue weighted by Crippen LogP contribution is 2.19. The normalized spacial score (nSPS) is 25.7. The Labute approximate surface area is 89.1 Å². The molecule has 0 radical (unpaired) electrons. The lowest BCUT2D eigenvalue weighted by Gasteiger charge is -2.16. The second kappa shape index (κ2) is 4.73. The quantitative estimate of drug-likeness (QED) is 0.796. The van der Waals surface area contributed by atoms with Crippen molar-refractivity contribution in [3.8, 4) is 0 Å². The van der Waals surface area contributed by atoms with Crippen LogP contribution in [0.3, 0.4) is 0 Å². The van der Waals surface area contributed by atoms with Crippen LogP contribution >= 0.6 is 0 Å². The number of hydrogen-bond acceptors (Lipinski definition) is 2. The van der Waals surface area contributed by atoms with Gasteiger partial charge in [0.05, 0.1) is 6.10 Å². The van der Waals surface area contributed by atoms with Gasteiger partial charge >= 0.3 is 0 Å². The minimum Gasteiger partial charge on any atom is -0.392 e. The largest absolute Gasteiger partial charge is 0.392 e. The number of aliphatic hydroxyl groups is 1. The molecule has 1 saturated carbocycles. The number of rotatable bonds is 3. The lowest BCUT2D eigenvalue weighted by atomic mass is 10.1. The molecule has 0 spiro atoms. The fraction of sp³-hybridized carbons (Fsp3) is 0.500. The Morgan fingerprint density at radius 3 is 2.60 bits per heavy atom. The average molecular weight is 209 g/mol. The second-order valence-corrected chi connectivity index (χ2v) is 4.11. The predicted molar refractivity (Wildman–Crippen MR) is 56.9 cm³/mol. The van der Waals surface area contributed by atoms with Crippen molar-refractivity contribution in [3.05, 3.63) is 35.6 Å². The van der Waals surface area contributed by atoms with Crippen LogP contribution < -0.4 is 5.32 Å². The first-order valence-electron chi connectivity index (χ1n) is 5.41. The molecule has 0 amide bonds. The van der Waals surface area contributed by atoms with E-state index in [0.29, 0.717) is 6.54 Å². The van der Waals surface area contributed by atoms with Gasteiger partial charge in [0.15, 0.2) is 0 Å². The summed E-state index contributed by atoms with van der Waals surface area (Å²) in [5, 5.41) is 12.9. The van der Waals surface area contributed by atoms with E-state index in [2.05, 4.69) is 5.32 Å². The zero-order chi connectivity index (χ0) is 10.7. The Morgan fingerprint density at radius 2 is 2.00 bits per heavy atom. The molecule has 2 rings (SSSR count). The molecular formula is C12H16FNO. The third-order valence-electron chi connectivity index (χ3n) is 2.96. The van der Waals surface area contributed by atoms with Gasteiger partial charge in [-0.2, -0.15) is 0 Å². The lowest BCUT2D eigenvalue weighted by molar-refractivity contribution is 0.148. The molecule has 0 unspecified atom stereocenters. The molecule has 0 aromatic heterocycles. The number of benzene rings is 1. The summed E-state index contributed by atoms with van der Waals surface area (Å²) < 4.78 is 12.6. The van der Waals surface area contributed by atoms with Crippen molar-refractivity contribution < 1.29 is 9.50 Å². The van der Waals surface area contributed by atoms with Crippen molar-refractivity contribution in [2.24, 2.45) is 0 Å². The molecule has 1 aromatic carbocycles. The molecule has 82 valence electrons. The molecule has 2 nitrogen and oxygen atoms in total. The molecule has 0 heterocycles. The van der Waals surface area contributed by atoms with E-state index in [1.54, 1.807) is 12.1 Å². The fourth-order valence-corrected chi connectivity index (χ4v) is 2.03. The predicted octanol–water partition coefficient (Wildman–Crippen LogP) is 1.83. The third-order valence-corrected chi connectivity index (χ3v) is 2.96. The van der Waals surface area contributed by atoms with Crippen LogP contribution in [0, 0.1) is 5.82 Å². The molecule has 2 atom stereocenters. The van der Waals surface area contributed by atoms with E-state index < -0.39 is 0 Å². The summed E-state index contributed by atoms with van der Waals surface area (Å²) >= 11 is 0. The Bertz CT molecular complexity index is 312. The van der Waals surface area contributed by atoms with Crippen LogP contribution in [0.5, 0.6) is 0 Å². The smallest absolute Gasteiger partial charge is 0.123 e. The first kappa shape index (κ1) is 10.6. The standard InChI is InChI=1S/C12H16FNO/c13-10-6-4-9(5-7-10)8-14-11-2-1-3-12(11)15/h4-7,11-12,14-15H,1-3,8H2/t11-,12-/m0/s1. The van der Waals surface area contributed by atoms with Gasteiger partial charge in [-0.05, 0) is 37.0 Å². The van der Waals surface area contributed by atoms with Gasteiger partial charge in [-0.3, -0.25) is 0 Å². The van der Waals surface area contributed by atoms with Crippen molar-refractivity contribution >= 4 is 0 Å². The van der Waals surface area contributed by atoms with E-state index >= 15 is 0 Å². The highest BCUT2D eigenvalue weighted by molar-refractivity contribution is 5.15. The van der Waals surface area contributed by atoms with Gasteiger partial charge in [-0.25, -0.2) is 4.39 Å². The number of hydrogen-bond donors (Lipinski definition) is 2. The van der Waals surface area contributed by atoms with E-state index in [1.807, 2.05) is 0 Å². The Hall–Kier alpha value is -0.930. The average Bonchev–Trinajstić information content (AvgIpc) is 2.63. The minimum atomic E-state index is -0.217. The molecule has 3 heteroatoms. The highest BCUT2D eigenvalue weighted by atomic mass is 19.1. The molecular weight excluding hydrogens is 193 g/mol.